The lowest BCUT2D eigenvalue weighted by molar-refractivity contribution is 0.602. The Hall–Kier alpha value is -0.360. The number of nitrogens with two attached hydrogens (primary N) is 1. The van der Waals surface area contributed by atoms with Crippen molar-refractivity contribution in [3.63, 3.8) is 0 Å². The first-order valence-corrected chi connectivity index (χ1v) is 7.70. The lowest BCUT2D eigenvalue weighted by Crippen LogP contribution is -2.11. The Balaban J connectivity index is 2.00. The van der Waals surface area contributed by atoms with E-state index < -0.39 is 0 Å². The second-order valence-electron chi connectivity index (χ2n) is 3.48. The Bertz CT molecular complexity index is 501. The van der Waals surface area contributed by atoms with Crippen molar-refractivity contribution < 1.29 is 4.39 Å². The highest BCUT2D eigenvalue weighted by Crippen LogP contribution is 2.32. The first-order chi connectivity index (χ1) is 8.18. The molecule has 0 aliphatic rings. The average molecular weight is 332 g/mol. The molecule has 1 heterocycles. The maximum Gasteiger partial charge on any atom is 0.136 e. The van der Waals surface area contributed by atoms with E-state index in [2.05, 4.69) is 15.9 Å². The maximum atomic E-state index is 13.4. The molecule has 1 atom stereocenters. The molecule has 2 N–H and O–H groups in total. The van der Waals surface area contributed by atoms with Gasteiger partial charge in [-0.3, -0.25) is 0 Å². The van der Waals surface area contributed by atoms with Gasteiger partial charge in [0.25, 0.3) is 0 Å². The van der Waals surface area contributed by atoms with Gasteiger partial charge in [0.05, 0.1) is 0 Å². The highest BCUT2D eigenvalue weighted by atomic mass is 79.9. The van der Waals surface area contributed by atoms with Crippen molar-refractivity contribution in [1.29, 1.82) is 0 Å². The van der Waals surface area contributed by atoms with E-state index in [1.165, 1.54) is 17.8 Å². The van der Waals surface area contributed by atoms with Crippen molar-refractivity contribution in [1.82, 2.24) is 0 Å². The van der Waals surface area contributed by atoms with E-state index in [4.69, 9.17) is 5.73 Å². The Morgan fingerprint density at radius 1 is 1.35 bits per heavy atom. The first kappa shape index (κ1) is 13.1. The van der Waals surface area contributed by atoms with Gasteiger partial charge in [-0.1, -0.05) is 12.1 Å². The van der Waals surface area contributed by atoms with Crippen LogP contribution in [0.25, 0.3) is 0 Å². The van der Waals surface area contributed by atoms with Gasteiger partial charge in [0.15, 0.2) is 0 Å². The van der Waals surface area contributed by atoms with Crippen molar-refractivity contribution in [3.8, 4) is 0 Å². The largest absolute Gasteiger partial charge is 0.323 e. The predicted molar refractivity (Wildman–Crippen MR) is 76.1 cm³/mol. The summed E-state index contributed by atoms with van der Waals surface area (Å²) in [4.78, 5) is 1.75. The summed E-state index contributed by atoms with van der Waals surface area (Å²) in [5, 5.41) is 1.99. The molecular formula is C12H11BrFNS2. The quantitative estimate of drug-likeness (QED) is 0.838. The minimum absolute atomic E-state index is 0.0750. The number of hydrogen-bond acceptors (Lipinski definition) is 3. The minimum atomic E-state index is -0.185. The number of rotatable bonds is 4. The summed E-state index contributed by atoms with van der Waals surface area (Å²) in [7, 11) is 0. The smallest absolute Gasteiger partial charge is 0.136 e. The van der Waals surface area contributed by atoms with Crippen LogP contribution in [0, 0.1) is 5.82 Å². The second-order valence-corrected chi connectivity index (χ2v) is 6.34. The summed E-state index contributed by atoms with van der Waals surface area (Å²) < 4.78 is 14.4. The molecule has 1 unspecified atom stereocenters. The van der Waals surface area contributed by atoms with Crippen LogP contribution < -0.4 is 5.73 Å². The topological polar surface area (TPSA) is 26.0 Å². The Labute approximate surface area is 116 Å². The lowest BCUT2D eigenvalue weighted by atomic mass is 10.3. The fraction of sp³-hybridized carbons (Fsp3) is 0.167. The van der Waals surface area contributed by atoms with Crippen LogP contribution in [-0.2, 0) is 0 Å². The molecule has 0 saturated heterocycles. The summed E-state index contributed by atoms with van der Waals surface area (Å²) in [5.41, 5.74) is 6.08. The first-order valence-electron chi connectivity index (χ1n) is 5.04. The average Bonchev–Trinajstić information content (AvgIpc) is 2.74. The molecule has 0 aliphatic heterocycles. The lowest BCUT2D eigenvalue weighted by Gasteiger charge is -2.10. The van der Waals surface area contributed by atoms with Crippen molar-refractivity contribution in [2.24, 2.45) is 5.73 Å². The van der Waals surface area contributed by atoms with Crippen LogP contribution >= 0.6 is 39.0 Å². The number of thioether (sulfide) groups is 1. The summed E-state index contributed by atoms with van der Waals surface area (Å²) in [6.45, 7) is 0. The molecule has 1 nitrogen and oxygen atoms in total. The van der Waals surface area contributed by atoms with Gasteiger partial charge in [-0.25, -0.2) is 4.39 Å². The van der Waals surface area contributed by atoms with Crippen LogP contribution in [0.2, 0.25) is 0 Å². The molecular weight excluding hydrogens is 321 g/mol. The van der Waals surface area contributed by atoms with Gasteiger partial charge in [0, 0.05) is 26.0 Å². The molecule has 1 aromatic heterocycles. The zero-order chi connectivity index (χ0) is 12.3. The molecule has 2 aromatic rings. The molecule has 0 amide bonds. The van der Waals surface area contributed by atoms with Crippen molar-refractivity contribution in [2.75, 3.05) is 5.75 Å². The number of benzene rings is 1. The summed E-state index contributed by atoms with van der Waals surface area (Å²) in [6, 6.07) is 8.67. The third-order valence-electron chi connectivity index (χ3n) is 2.24. The molecule has 1 aromatic carbocycles. The van der Waals surface area contributed by atoms with Gasteiger partial charge in [0.2, 0.25) is 0 Å². The molecule has 90 valence electrons. The molecule has 0 spiro atoms. The summed E-state index contributed by atoms with van der Waals surface area (Å²) >= 11 is 6.52. The molecule has 0 aliphatic carbocycles. The van der Waals surface area contributed by atoms with Crippen molar-refractivity contribution in [2.45, 2.75) is 10.9 Å². The van der Waals surface area contributed by atoms with E-state index >= 15 is 0 Å². The normalized spacial score (nSPS) is 12.6. The Morgan fingerprint density at radius 2 is 2.12 bits per heavy atom. The predicted octanol–water partition coefficient (Wildman–Crippen LogP) is 4.44. The minimum Gasteiger partial charge on any atom is -0.323 e. The molecule has 2 rings (SSSR count). The van der Waals surface area contributed by atoms with Crippen molar-refractivity contribution in [3.05, 3.63) is 50.9 Å². The fourth-order valence-electron chi connectivity index (χ4n) is 1.39. The monoisotopic (exact) mass is 331 g/mol. The molecule has 0 bridgehead atoms. The Morgan fingerprint density at radius 3 is 2.76 bits per heavy atom. The van der Waals surface area contributed by atoms with Gasteiger partial charge in [0.1, 0.15) is 5.82 Å². The number of hydrogen-bond donors (Lipinski definition) is 1. The van der Waals surface area contributed by atoms with E-state index in [0.717, 1.165) is 9.35 Å². The van der Waals surface area contributed by atoms with E-state index in [1.807, 2.05) is 17.5 Å². The Kier molecular flexibility index (Phi) is 4.62. The fourth-order valence-corrected chi connectivity index (χ4v) is 4.07. The third kappa shape index (κ3) is 3.31. The van der Waals surface area contributed by atoms with Gasteiger partial charge in [-0.05, 0) is 39.5 Å². The van der Waals surface area contributed by atoms with Gasteiger partial charge in [-0.15, -0.1) is 23.1 Å². The van der Waals surface area contributed by atoms with E-state index in [1.54, 1.807) is 23.5 Å². The highest BCUT2D eigenvalue weighted by molar-refractivity contribution is 9.10. The zero-order valence-corrected chi connectivity index (χ0v) is 12.1. The highest BCUT2D eigenvalue weighted by Gasteiger charge is 2.12. The third-order valence-corrected chi connectivity index (χ3v) is 5.41. The van der Waals surface area contributed by atoms with Gasteiger partial charge in [-0.2, -0.15) is 0 Å². The maximum absolute atomic E-state index is 13.4. The number of thiophene rings is 1. The molecule has 0 radical (unpaired) electrons. The van der Waals surface area contributed by atoms with E-state index in [9.17, 15) is 4.39 Å². The van der Waals surface area contributed by atoms with Crippen LogP contribution in [0.5, 0.6) is 0 Å². The van der Waals surface area contributed by atoms with Crippen LogP contribution in [-0.4, -0.2) is 5.75 Å². The summed E-state index contributed by atoms with van der Waals surface area (Å²) in [5.74, 6) is 0.481. The molecule has 0 fully saturated rings. The van der Waals surface area contributed by atoms with Crippen molar-refractivity contribution >= 4 is 39.0 Å². The van der Waals surface area contributed by atoms with E-state index in [0.29, 0.717) is 10.6 Å². The van der Waals surface area contributed by atoms with E-state index in [-0.39, 0.29) is 11.9 Å². The van der Waals surface area contributed by atoms with Crippen LogP contribution in [0.1, 0.15) is 10.9 Å². The van der Waals surface area contributed by atoms with Crippen LogP contribution in [0.3, 0.4) is 0 Å². The van der Waals surface area contributed by atoms with Gasteiger partial charge >= 0.3 is 0 Å². The SMILES string of the molecule is NC(CSc1ccccc1F)c1sccc1Br. The molecule has 17 heavy (non-hydrogen) atoms. The van der Waals surface area contributed by atoms with Gasteiger partial charge < -0.3 is 5.73 Å². The molecule has 5 heteroatoms. The summed E-state index contributed by atoms with van der Waals surface area (Å²) in [6.07, 6.45) is 0. The zero-order valence-electron chi connectivity index (χ0n) is 8.90. The molecule has 0 saturated carbocycles. The standard InChI is InChI=1S/C12H11BrFNS2/c13-8-5-6-16-12(8)10(15)7-17-11-4-2-1-3-9(11)14/h1-6,10H,7,15H2. The second kappa shape index (κ2) is 6.00. The van der Waals surface area contributed by atoms with Crippen LogP contribution in [0.15, 0.2) is 45.1 Å². The van der Waals surface area contributed by atoms with Crippen LogP contribution in [0.4, 0.5) is 4.39 Å². The number of halogens is 2.